The van der Waals surface area contributed by atoms with E-state index in [0.717, 1.165) is 63.2 Å². The normalized spacial score (nSPS) is 18.8. The van der Waals surface area contributed by atoms with Crippen molar-refractivity contribution in [2.45, 2.75) is 31.8 Å². The SMILES string of the molecule is Oc1ccc2c(c1)CN(CCN1CCC(c3noc4cc(F)ccc34)CC1)C2. The number of hydrogen-bond acceptors (Lipinski definition) is 5. The number of rotatable bonds is 4. The Morgan fingerprint density at radius 3 is 2.64 bits per heavy atom. The molecule has 1 saturated heterocycles. The lowest BCUT2D eigenvalue weighted by Gasteiger charge is -2.32. The Hall–Kier alpha value is -2.44. The molecule has 5 nitrogen and oxygen atoms in total. The number of phenols is 1. The molecule has 146 valence electrons. The topological polar surface area (TPSA) is 52.7 Å². The lowest BCUT2D eigenvalue weighted by Crippen LogP contribution is -2.38. The van der Waals surface area contributed by atoms with Gasteiger partial charge in [-0.1, -0.05) is 11.2 Å². The number of nitrogens with zero attached hydrogens (tertiary/aromatic N) is 3. The highest BCUT2D eigenvalue weighted by Gasteiger charge is 2.26. The predicted octanol–water partition coefficient (Wildman–Crippen LogP) is 3.87. The third-order valence-electron chi connectivity index (χ3n) is 6.15. The van der Waals surface area contributed by atoms with Crippen molar-refractivity contribution in [1.82, 2.24) is 15.0 Å². The van der Waals surface area contributed by atoms with E-state index in [1.165, 1.54) is 23.3 Å². The van der Waals surface area contributed by atoms with Crippen LogP contribution in [0.15, 0.2) is 40.9 Å². The van der Waals surface area contributed by atoms with Gasteiger partial charge in [0.25, 0.3) is 0 Å². The smallest absolute Gasteiger partial charge is 0.170 e. The lowest BCUT2D eigenvalue weighted by molar-refractivity contribution is 0.171. The van der Waals surface area contributed by atoms with Gasteiger partial charge in [-0.2, -0.15) is 0 Å². The minimum atomic E-state index is -0.288. The zero-order valence-electron chi connectivity index (χ0n) is 15.8. The summed E-state index contributed by atoms with van der Waals surface area (Å²) in [7, 11) is 0. The van der Waals surface area contributed by atoms with Crippen LogP contribution in [-0.2, 0) is 13.1 Å². The molecule has 1 aromatic heterocycles. The number of likely N-dealkylation sites (tertiary alicyclic amines) is 1. The molecule has 1 fully saturated rings. The first-order valence-electron chi connectivity index (χ1n) is 9.96. The molecule has 0 amide bonds. The van der Waals surface area contributed by atoms with Crippen molar-refractivity contribution in [2.75, 3.05) is 26.2 Å². The summed E-state index contributed by atoms with van der Waals surface area (Å²) in [5.74, 6) is 0.442. The average molecular weight is 381 g/mol. The van der Waals surface area contributed by atoms with Crippen LogP contribution in [-0.4, -0.2) is 46.2 Å². The highest BCUT2D eigenvalue weighted by molar-refractivity contribution is 5.79. The summed E-state index contributed by atoms with van der Waals surface area (Å²) in [6.07, 6.45) is 2.10. The predicted molar refractivity (Wildman–Crippen MR) is 105 cm³/mol. The van der Waals surface area contributed by atoms with Crippen molar-refractivity contribution >= 4 is 11.0 Å². The zero-order chi connectivity index (χ0) is 19.1. The van der Waals surface area contributed by atoms with Gasteiger partial charge in [-0.15, -0.1) is 0 Å². The maximum absolute atomic E-state index is 13.3. The van der Waals surface area contributed by atoms with Gasteiger partial charge in [-0.3, -0.25) is 4.90 Å². The summed E-state index contributed by atoms with van der Waals surface area (Å²) < 4.78 is 18.7. The summed E-state index contributed by atoms with van der Waals surface area (Å²) in [5, 5.41) is 14.8. The van der Waals surface area contributed by atoms with Gasteiger partial charge in [-0.25, -0.2) is 4.39 Å². The van der Waals surface area contributed by atoms with E-state index in [2.05, 4.69) is 15.0 Å². The summed E-state index contributed by atoms with van der Waals surface area (Å²) >= 11 is 0. The second kappa shape index (κ2) is 7.18. The first-order chi connectivity index (χ1) is 13.7. The Labute approximate surface area is 163 Å². The Bertz CT molecular complexity index is 995. The molecule has 1 N–H and O–H groups in total. The number of phenolic OH excluding ortho intramolecular Hbond substituents is 1. The second-order valence-corrected chi connectivity index (χ2v) is 7.99. The Balaban J connectivity index is 1.15. The van der Waals surface area contributed by atoms with Crippen LogP contribution in [0.5, 0.6) is 5.75 Å². The maximum atomic E-state index is 13.3. The number of aromatic nitrogens is 1. The van der Waals surface area contributed by atoms with E-state index in [-0.39, 0.29) is 5.82 Å². The molecule has 0 unspecified atom stereocenters. The Kier molecular flexibility index (Phi) is 4.53. The monoisotopic (exact) mass is 381 g/mol. The molecule has 2 aliphatic rings. The fraction of sp³-hybridized carbons (Fsp3) is 0.409. The van der Waals surface area contributed by atoms with Gasteiger partial charge in [0.2, 0.25) is 0 Å². The largest absolute Gasteiger partial charge is 0.508 e. The van der Waals surface area contributed by atoms with Gasteiger partial charge in [0.1, 0.15) is 11.6 Å². The van der Waals surface area contributed by atoms with Gasteiger partial charge in [0.05, 0.1) is 5.69 Å². The molecule has 0 radical (unpaired) electrons. The van der Waals surface area contributed by atoms with E-state index in [4.69, 9.17) is 4.52 Å². The Morgan fingerprint density at radius 1 is 1.00 bits per heavy atom. The van der Waals surface area contributed by atoms with E-state index >= 15 is 0 Å². The zero-order valence-corrected chi connectivity index (χ0v) is 15.8. The van der Waals surface area contributed by atoms with E-state index in [0.29, 0.717) is 17.3 Å². The standard InChI is InChI=1S/C22H24FN3O2/c23-18-2-4-20-21(12-18)28-24-22(20)15-5-7-25(8-6-15)9-10-26-13-16-1-3-19(27)11-17(16)14-26/h1-4,11-12,15,27H,5-10,13-14H2. The van der Waals surface area contributed by atoms with Crippen molar-refractivity contribution in [1.29, 1.82) is 0 Å². The summed E-state index contributed by atoms with van der Waals surface area (Å²) in [6, 6.07) is 10.4. The van der Waals surface area contributed by atoms with Crippen LogP contribution in [0.1, 0.15) is 35.6 Å². The lowest BCUT2D eigenvalue weighted by atomic mass is 9.91. The van der Waals surface area contributed by atoms with Crippen LogP contribution in [0.4, 0.5) is 4.39 Å². The minimum Gasteiger partial charge on any atom is -0.508 e. The first-order valence-corrected chi connectivity index (χ1v) is 9.96. The molecule has 0 aliphatic carbocycles. The minimum absolute atomic E-state index is 0.288. The second-order valence-electron chi connectivity index (χ2n) is 7.99. The fourth-order valence-electron chi connectivity index (χ4n) is 4.55. The van der Waals surface area contributed by atoms with Crippen molar-refractivity contribution in [3.63, 3.8) is 0 Å². The number of fused-ring (bicyclic) bond motifs is 2. The van der Waals surface area contributed by atoms with Gasteiger partial charge < -0.3 is 14.5 Å². The molecule has 3 aromatic rings. The maximum Gasteiger partial charge on any atom is 0.170 e. The van der Waals surface area contributed by atoms with Crippen molar-refractivity contribution in [2.24, 2.45) is 0 Å². The van der Waals surface area contributed by atoms with E-state index < -0.39 is 0 Å². The molecule has 6 heteroatoms. The highest BCUT2D eigenvalue weighted by Crippen LogP contribution is 2.33. The molecule has 0 bridgehead atoms. The molecule has 2 aliphatic heterocycles. The van der Waals surface area contributed by atoms with Crippen LogP contribution in [0.3, 0.4) is 0 Å². The molecule has 0 atom stereocenters. The van der Waals surface area contributed by atoms with Crippen molar-refractivity contribution in [3.8, 4) is 5.75 Å². The number of hydrogen-bond donors (Lipinski definition) is 1. The van der Waals surface area contributed by atoms with Gasteiger partial charge in [-0.05, 0) is 61.3 Å². The number of benzene rings is 2. The van der Waals surface area contributed by atoms with Gasteiger partial charge >= 0.3 is 0 Å². The number of piperidine rings is 1. The molecule has 28 heavy (non-hydrogen) atoms. The molecule has 5 rings (SSSR count). The number of aromatic hydroxyl groups is 1. The third kappa shape index (κ3) is 3.38. The Morgan fingerprint density at radius 2 is 1.79 bits per heavy atom. The van der Waals surface area contributed by atoms with Crippen LogP contribution in [0.25, 0.3) is 11.0 Å². The molecular formula is C22H24FN3O2. The molecule has 0 saturated carbocycles. The first kappa shape index (κ1) is 17.6. The van der Waals surface area contributed by atoms with Crippen molar-refractivity contribution in [3.05, 3.63) is 59.0 Å². The third-order valence-corrected chi connectivity index (χ3v) is 6.15. The molecule has 3 heterocycles. The number of halogens is 1. The summed E-state index contributed by atoms with van der Waals surface area (Å²) in [6.45, 7) is 6.06. The fourth-order valence-corrected chi connectivity index (χ4v) is 4.55. The van der Waals surface area contributed by atoms with E-state index in [1.54, 1.807) is 12.1 Å². The molecule has 0 spiro atoms. The summed E-state index contributed by atoms with van der Waals surface area (Å²) in [4.78, 5) is 4.95. The van der Waals surface area contributed by atoms with Gasteiger partial charge in [0.15, 0.2) is 5.58 Å². The van der Waals surface area contributed by atoms with Crippen LogP contribution in [0, 0.1) is 5.82 Å². The average Bonchev–Trinajstić information content (AvgIpc) is 3.29. The van der Waals surface area contributed by atoms with E-state index in [9.17, 15) is 9.50 Å². The van der Waals surface area contributed by atoms with Crippen LogP contribution in [0.2, 0.25) is 0 Å². The van der Waals surface area contributed by atoms with Crippen LogP contribution < -0.4 is 0 Å². The van der Waals surface area contributed by atoms with Crippen molar-refractivity contribution < 1.29 is 14.0 Å². The summed E-state index contributed by atoms with van der Waals surface area (Å²) in [5.41, 5.74) is 4.08. The van der Waals surface area contributed by atoms with E-state index in [1.807, 2.05) is 12.1 Å². The van der Waals surface area contributed by atoms with Gasteiger partial charge in [0, 0.05) is 43.5 Å². The van der Waals surface area contributed by atoms with Crippen LogP contribution >= 0.6 is 0 Å². The molecule has 2 aromatic carbocycles. The quantitative estimate of drug-likeness (QED) is 0.744. The highest BCUT2D eigenvalue weighted by atomic mass is 19.1. The molecular weight excluding hydrogens is 357 g/mol.